The van der Waals surface area contributed by atoms with Crippen LogP contribution in [-0.2, 0) is 0 Å². The fourth-order valence-electron chi connectivity index (χ4n) is 1.78. The van der Waals surface area contributed by atoms with Crippen LogP contribution in [-0.4, -0.2) is 0 Å². The molecule has 0 aliphatic heterocycles. The summed E-state index contributed by atoms with van der Waals surface area (Å²) >= 11 is 3.70. The standard InChI is InChI=1S/C12H5F2IS/c13-7-4-6-11(5-8(7)14)16-10-3-1-2-9(15)12(6)10/h1-5H. The van der Waals surface area contributed by atoms with Crippen molar-refractivity contribution in [3.8, 4) is 0 Å². The van der Waals surface area contributed by atoms with Gasteiger partial charge in [-0.2, -0.15) is 0 Å². The molecule has 0 bridgehead atoms. The van der Waals surface area contributed by atoms with Crippen molar-refractivity contribution in [3.05, 3.63) is 45.5 Å². The Morgan fingerprint density at radius 3 is 2.56 bits per heavy atom. The molecule has 0 radical (unpaired) electrons. The van der Waals surface area contributed by atoms with Crippen LogP contribution in [0.1, 0.15) is 0 Å². The molecule has 0 aliphatic carbocycles. The highest BCUT2D eigenvalue weighted by Crippen LogP contribution is 2.37. The monoisotopic (exact) mass is 346 g/mol. The van der Waals surface area contributed by atoms with Gasteiger partial charge in [-0.05, 0) is 46.9 Å². The lowest BCUT2D eigenvalue weighted by Crippen LogP contribution is -1.81. The summed E-state index contributed by atoms with van der Waals surface area (Å²) in [6.07, 6.45) is 0. The molecule has 80 valence electrons. The van der Waals surface area contributed by atoms with Crippen molar-refractivity contribution >= 4 is 54.1 Å². The molecule has 0 amide bonds. The van der Waals surface area contributed by atoms with Gasteiger partial charge in [0.25, 0.3) is 0 Å². The van der Waals surface area contributed by atoms with E-state index in [1.54, 1.807) is 0 Å². The normalized spacial score (nSPS) is 11.4. The summed E-state index contributed by atoms with van der Waals surface area (Å²) in [6.45, 7) is 0. The first kappa shape index (κ1) is 10.4. The zero-order valence-corrected chi connectivity index (χ0v) is 10.9. The highest BCUT2D eigenvalue weighted by atomic mass is 127. The smallest absolute Gasteiger partial charge is 0.160 e. The highest BCUT2D eigenvalue weighted by Gasteiger charge is 2.11. The summed E-state index contributed by atoms with van der Waals surface area (Å²) < 4.78 is 29.2. The Bertz CT molecular complexity index is 703. The SMILES string of the molecule is Fc1cc2sc3cccc(I)c3c2cc1F. The summed E-state index contributed by atoms with van der Waals surface area (Å²) in [6, 6.07) is 8.44. The number of halogens is 3. The van der Waals surface area contributed by atoms with E-state index in [9.17, 15) is 8.78 Å². The quantitative estimate of drug-likeness (QED) is 0.506. The lowest BCUT2D eigenvalue weighted by atomic mass is 10.1. The Balaban J connectivity index is 2.58. The first-order valence-electron chi connectivity index (χ1n) is 4.62. The van der Waals surface area contributed by atoms with Gasteiger partial charge in [-0.15, -0.1) is 11.3 Å². The second kappa shape index (κ2) is 3.63. The molecule has 0 atom stereocenters. The van der Waals surface area contributed by atoms with Gasteiger partial charge in [0.15, 0.2) is 11.6 Å². The van der Waals surface area contributed by atoms with Crippen LogP contribution in [0.25, 0.3) is 20.2 Å². The second-order valence-electron chi connectivity index (χ2n) is 3.48. The molecule has 2 aromatic carbocycles. The average molecular weight is 346 g/mol. The number of thiophene rings is 1. The van der Waals surface area contributed by atoms with Gasteiger partial charge in [0.05, 0.1) is 0 Å². The Morgan fingerprint density at radius 2 is 1.75 bits per heavy atom. The first-order valence-corrected chi connectivity index (χ1v) is 6.52. The lowest BCUT2D eigenvalue weighted by Gasteiger charge is -1.96. The van der Waals surface area contributed by atoms with Gasteiger partial charge in [-0.3, -0.25) is 0 Å². The van der Waals surface area contributed by atoms with E-state index in [0.717, 1.165) is 23.7 Å². The van der Waals surface area contributed by atoms with Crippen molar-refractivity contribution in [1.82, 2.24) is 0 Å². The molecular formula is C12H5F2IS. The van der Waals surface area contributed by atoms with Gasteiger partial charge in [0.1, 0.15) is 0 Å². The molecule has 0 aliphatic rings. The topological polar surface area (TPSA) is 0 Å². The third-order valence-electron chi connectivity index (χ3n) is 2.49. The van der Waals surface area contributed by atoms with Crippen molar-refractivity contribution in [1.29, 1.82) is 0 Å². The zero-order valence-electron chi connectivity index (χ0n) is 7.93. The van der Waals surface area contributed by atoms with Crippen LogP contribution in [0.15, 0.2) is 30.3 Å². The Labute approximate surface area is 108 Å². The van der Waals surface area contributed by atoms with Crippen LogP contribution in [0.4, 0.5) is 8.78 Å². The number of benzene rings is 2. The van der Waals surface area contributed by atoms with Gasteiger partial charge in [-0.1, -0.05) is 6.07 Å². The van der Waals surface area contributed by atoms with E-state index in [1.807, 2.05) is 18.2 Å². The van der Waals surface area contributed by atoms with E-state index in [1.165, 1.54) is 23.5 Å². The molecule has 16 heavy (non-hydrogen) atoms. The van der Waals surface area contributed by atoms with Gasteiger partial charge in [-0.25, -0.2) is 8.78 Å². The number of rotatable bonds is 0. The zero-order chi connectivity index (χ0) is 11.3. The maximum atomic E-state index is 13.2. The van der Waals surface area contributed by atoms with Crippen molar-refractivity contribution in [2.75, 3.05) is 0 Å². The predicted molar refractivity (Wildman–Crippen MR) is 72.0 cm³/mol. The molecule has 0 saturated carbocycles. The molecule has 4 heteroatoms. The molecule has 0 unspecified atom stereocenters. The summed E-state index contributed by atoms with van der Waals surface area (Å²) in [5.74, 6) is -1.57. The Hall–Kier alpha value is -0.750. The summed E-state index contributed by atoms with van der Waals surface area (Å²) in [7, 11) is 0. The second-order valence-corrected chi connectivity index (χ2v) is 5.72. The van der Waals surface area contributed by atoms with E-state index in [2.05, 4.69) is 22.6 Å². The Morgan fingerprint density at radius 1 is 1.00 bits per heavy atom. The van der Waals surface area contributed by atoms with Gasteiger partial charge in [0, 0.05) is 23.7 Å². The van der Waals surface area contributed by atoms with Crippen molar-refractivity contribution in [2.45, 2.75) is 0 Å². The van der Waals surface area contributed by atoms with E-state index < -0.39 is 11.6 Å². The van der Waals surface area contributed by atoms with Gasteiger partial charge >= 0.3 is 0 Å². The third-order valence-corrected chi connectivity index (χ3v) is 4.50. The molecule has 0 fully saturated rings. The minimum Gasteiger partial charge on any atom is -0.204 e. The molecule has 3 aromatic rings. The molecule has 0 spiro atoms. The van der Waals surface area contributed by atoms with Crippen LogP contribution >= 0.6 is 33.9 Å². The maximum absolute atomic E-state index is 13.2. The summed E-state index contributed by atoms with van der Waals surface area (Å²) in [5.41, 5.74) is 0. The molecule has 0 saturated heterocycles. The Kier molecular flexibility index (Phi) is 2.36. The molecule has 0 nitrogen and oxygen atoms in total. The highest BCUT2D eigenvalue weighted by molar-refractivity contribution is 14.1. The van der Waals surface area contributed by atoms with E-state index in [-0.39, 0.29) is 0 Å². The average Bonchev–Trinajstić information content (AvgIpc) is 2.58. The van der Waals surface area contributed by atoms with Gasteiger partial charge in [0.2, 0.25) is 0 Å². The molecule has 3 rings (SSSR count). The van der Waals surface area contributed by atoms with E-state index in [4.69, 9.17) is 0 Å². The lowest BCUT2D eigenvalue weighted by molar-refractivity contribution is 0.511. The first-order chi connectivity index (χ1) is 7.66. The molecular weight excluding hydrogens is 341 g/mol. The minimum absolute atomic E-state index is 0.783. The van der Waals surface area contributed by atoms with Crippen molar-refractivity contribution in [3.63, 3.8) is 0 Å². The molecule has 1 heterocycles. The van der Waals surface area contributed by atoms with Crippen molar-refractivity contribution in [2.24, 2.45) is 0 Å². The number of fused-ring (bicyclic) bond motifs is 3. The van der Waals surface area contributed by atoms with Crippen molar-refractivity contribution < 1.29 is 8.78 Å². The van der Waals surface area contributed by atoms with E-state index >= 15 is 0 Å². The van der Waals surface area contributed by atoms with Gasteiger partial charge < -0.3 is 0 Å². The van der Waals surface area contributed by atoms with E-state index in [0.29, 0.717) is 0 Å². The minimum atomic E-state index is -0.785. The maximum Gasteiger partial charge on any atom is 0.160 e. The van der Waals surface area contributed by atoms with Crippen LogP contribution in [0.3, 0.4) is 0 Å². The van der Waals surface area contributed by atoms with Crippen LogP contribution in [0.2, 0.25) is 0 Å². The summed E-state index contributed by atoms with van der Waals surface area (Å²) in [4.78, 5) is 0. The fraction of sp³-hybridized carbons (Fsp3) is 0. The van der Waals surface area contributed by atoms with Crippen LogP contribution in [0, 0.1) is 15.2 Å². The largest absolute Gasteiger partial charge is 0.204 e. The molecule has 1 aromatic heterocycles. The van der Waals surface area contributed by atoms with Crippen LogP contribution < -0.4 is 0 Å². The predicted octanol–water partition coefficient (Wildman–Crippen LogP) is 4.94. The van der Waals surface area contributed by atoms with Crippen LogP contribution in [0.5, 0.6) is 0 Å². The number of hydrogen-bond donors (Lipinski definition) is 0. The molecule has 0 N–H and O–H groups in total. The number of hydrogen-bond acceptors (Lipinski definition) is 1. The fourth-order valence-corrected chi connectivity index (χ4v) is 3.89. The summed E-state index contributed by atoms with van der Waals surface area (Å²) in [5, 5.41) is 1.81. The third kappa shape index (κ3) is 1.43.